The molecular weight excluding hydrogens is 352 g/mol. The molecule has 0 bridgehead atoms. The molecule has 3 N–H and O–H groups in total. The third-order valence-corrected chi connectivity index (χ3v) is 4.84. The number of benzene rings is 3. The summed E-state index contributed by atoms with van der Waals surface area (Å²) in [7, 11) is 1.39. The standard InChI is InChI=1S/C23H20N2O3/c1-28-23(27)21(14-15-10-12-16(26)13-11-15)25-22-17-6-2-4-8-19(17)24-20-9-5-3-7-18(20)22/h2-13,21,26H,14H2,1H3,(H,24,25)/p+1/t21-/m1/s1. The average Bonchev–Trinajstić information content (AvgIpc) is 2.73. The monoisotopic (exact) mass is 373 g/mol. The SMILES string of the molecule is COC(=O)[C@@H](Cc1ccc(O)cc1)Nc1c2ccccc2[nH+]c2ccccc12. The number of anilines is 1. The van der Waals surface area contributed by atoms with Gasteiger partial charge in [-0.05, 0) is 29.8 Å². The van der Waals surface area contributed by atoms with E-state index in [-0.39, 0.29) is 11.7 Å². The Hall–Kier alpha value is -3.60. The lowest BCUT2D eigenvalue weighted by Gasteiger charge is -2.19. The molecule has 0 saturated heterocycles. The van der Waals surface area contributed by atoms with Gasteiger partial charge in [-0.25, -0.2) is 9.78 Å². The normalized spacial score (nSPS) is 12.0. The molecule has 0 aliphatic rings. The van der Waals surface area contributed by atoms with Gasteiger partial charge in [-0.1, -0.05) is 36.4 Å². The van der Waals surface area contributed by atoms with Crippen molar-refractivity contribution < 1.29 is 19.6 Å². The van der Waals surface area contributed by atoms with Crippen molar-refractivity contribution in [1.29, 1.82) is 0 Å². The van der Waals surface area contributed by atoms with Crippen molar-refractivity contribution in [2.45, 2.75) is 12.5 Å². The van der Waals surface area contributed by atoms with E-state index in [0.717, 1.165) is 33.1 Å². The molecule has 4 rings (SSSR count). The third kappa shape index (κ3) is 3.47. The second kappa shape index (κ2) is 7.56. The van der Waals surface area contributed by atoms with Gasteiger partial charge in [0.25, 0.3) is 0 Å². The molecule has 0 radical (unpaired) electrons. The Balaban J connectivity index is 1.79. The molecule has 1 heterocycles. The first kappa shape index (κ1) is 17.8. The lowest BCUT2D eigenvalue weighted by atomic mass is 10.0. The second-order valence-corrected chi connectivity index (χ2v) is 6.68. The maximum atomic E-state index is 12.5. The summed E-state index contributed by atoms with van der Waals surface area (Å²) in [6.45, 7) is 0. The molecule has 1 atom stereocenters. The highest BCUT2D eigenvalue weighted by Crippen LogP contribution is 2.29. The van der Waals surface area contributed by atoms with E-state index in [4.69, 9.17) is 4.74 Å². The minimum atomic E-state index is -0.566. The fourth-order valence-corrected chi connectivity index (χ4v) is 3.44. The van der Waals surface area contributed by atoms with Crippen LogP contribution in [0.5, 0.6) is 5.75 Å². The fourth-order valence-electron chi connectivity index (χ4n) is 3.44. The number of para-hydroxylation sites is 2. The van der Waals surface area contributed by atoms with Crippen molar-refractivity contribution in [2.75, 3.05) is 12.4 Å². The van der Waals surface area contributed by atoms with Crippen LogP contribution in [-0.2, 0) is 16.0 Å². The van der Waals surface area contributed by atoms with Gasteiger partial charge in [0.1, 0.15) is 11.8 Å². The van der Waals surface area contributed by atoms with Crippen molar-refractivity contribution in [2.24, 2.45) is 0 Å². The molecule has 5 nitrogen and oxygen atoms in total. The first-order valence-corrected chi connectivity index (χ1v) is 9.11. The van der Waals surface area contributed by atoms with Crippen LogP contribution in [0.4, 0.5) is 5.69 Å². The molecule has 4 aromatic rings. The number of carbonyl (C=O) groups is 1. The van der Waals surface area contributed by atoms with Gasteiger partial charge in [0.15, 0.2) is 0 Å². The number of esters is 1. The number of phenols is 1. The number of hydrogen-bond donors (Lipinski definition) is 2. The first-order valence-electron chi connectivity index (χ1n) is 9.11. The molecule has 28 heavy (non-hydrogen) atoms. The van der Waals surface area contributed by atoms with E-state index in [9.17, 15) is 9.90 Å². The highest BCUT2D eigenvalue weighted by atomic mass is 16.5. The van der Waals surface area contributed by atoms with Crippen LogP contribution in [0, 0.1) is 0 Å². The zero-order valence-electron chi connectivity index (χ0n) is 15.5. The van der Waals surface area contributed by atoms with Crippen molar-refractivity contribution in [3.63, 3.8) is 0 Å². The predicted octanol–water partition coefficient (Wildman–Crippen LogP) is 3.71. The highest BCUT2D eigenvalue weighted by Gasteiger charge is 2.23. The molecule has 0 unspecified atom stereocenters. The van der Waals surface area contributed by atoms with Crippen LogP contribution in [-0.4, -0.2) is 24.2 Å². The number of carbonyl (C=O) groups excluding carboxylic acids is 1. The number of H-pyrrole nitrogens is 1. The number of methoxy groups -OCH3 is 1. The van der Waals surface area contributed by atoms with E-state index < -0.39 is 6.04 Å². The topological polar surface area (TPSA) is 72.7 Å². The largest absolute Gasteiger partial charge is 0.508 e. The summed E-state index contributed by atoms with van der Waals surface area (Å²) in [5.74, 6) is -0.143. The van der Waals surface area contributed by atoms with E-state index in [1.165, 1.54) is 7.11 Å². The van der Waals surface area contributed by atoms with E-state index in [1.54, 1.807) is 12.1 Å². The fraction of sp³-hybridized carbons (Fsp3) is 0.130. The van der Waals surface area contributed by atoms with Gasteiger partial charge in [0.05, 0.1) is 23.6 Å². The molecule has 0 fully saturated rings. The zero-order valence-corrected chi connectivity index (χ0v) is 15.5. The summed E-state index contributed by atoms with van der Waals surface area (Å²) >= 11 is 0. The van der Waals surface area contributed by atoms with Crippen LogP contribution in [0.15, 0.2) is 72.8 Å². The second-order valence-electron chi connectivity index (χ2n) is 6.68. The van der Waals surface area contributed by atoms with Crippen LogP contribution in [0.3, 0.4) is 0 Å². The smallest absolute Gasteiger partial charge is 0.328 e. The number of nitrogens with one attached hydrogen (secondary N) is 2. The number of hydrogen-bond acceptors (Lipinski definition) is 4. The first-order chi connectivity index (χ1) is 13.7. The molecule has 0 saturated carbocycles. The molecule has 0 spiro atoms. The molecule has 140 valence electrons. The minimum Gasteiger partial charge on any atom is -0.508 e. The molecule has 0 aliphatic carbocycles. The molecule has 0 aliphatic heterocycles. The number of aromatic amines is 1. The summed E-state index contributed by atoms with van der Waals surface area (Å²) in [5, 5.41) is 14.9. The van der Waals surface area contributed by atoms with Crippen molar-refractivity contribution in [1.82, 2.24) is 0 Å². The maximum absolute atomic E-state index is 12.5. The van der Waals surface area contributed by atoms with Crippen LogP contribution in [0.2, 0.25) is 0 Å². The van der Waals surface area contributed by atoms with Crippen molar-refractivity contribution >= 4 is 33.5 Å². The third-order valence-electron chi connectivity index (χ3n) is 4.84. The number of aromatic nitrogens is 1. The highest BCUT2D eigenvalue weighted by molar-refractivity contribution is 6.05. The Morgan fingerprint density at radius 1 is 0.964 bits per heavy atom. The summed E-state index contributed by atoms with van der Waals surface area (Å²) in [6.07, 6.45) is 0.439. The summed E-state index contributed by atoms with van der Waals surface area (Å²) in [6, 6.07) is 22.3. The predicted molar refractivity (Wildman–Crippen MR) is 109 cm³/mol. The van der Waals surface area contributed by atoms with Crippen LogP contribution in [0.1, 0.15) is 5.56 Å². The Labute approximate surface area is 162 Å². The van der Waals surface area contributed by atoms with E-state index in [1.807, 2.05) is 60.7 Å². The number of fused-ring (bicyclic) bond motifs is 2. The molecule has 5 heteroatoms. The number of rotatable bonds is 5. The summed E-state index contributed by atoms with van der Waals surface area (Å²) in [4.78, 5) is 16.0. The van der Waals surface area contributed by atoms with Crippen LogP contribution < -0.4 is 10.3 Å². The lowest BCUT2D eigenvalue weighted by molar-refractivity contribution is -0.310. The zero-order chi connectivity index (χ0) is 19.5. The van der Waals surface area contributed by atoms with Crippen molar-refractivity contribution in [3.05, 3.63) is 78.4 Å². The quantitative estimate of drug-likeness (QED) is 0.413. The molecule has 0 amide bonds. The van der Waals surface area contributed by atoms with Crippen LogP contribution >= 0.6 is 0 Å². The minimum absolute atomic E-state index is 0.196. The number of phenolic OH excluding ortho intramolecular Hbond substituents is 1. The molecule has 3 aromatic carbocycles. The van der Waals surface area contributed by atoms with Gasteiger partial charge >= 0.3 is 5.97 Å². The summed E-state index contributed by atoms with van der Waals surface area (Å²) < 4.78 is 5.05. The van der Waals surface area contributed by atoms with Crippen molar-refractivity contribution in [3.8, 4) is 5.75 Å². The van der Waals surface area contributed by atoms with Gasteiger partial charge in [-0.2, -0.15) is 0 Å². The van der Waals surface area contributed by atoms with E-state index >= 15 is 0 Å². The maximum Gasteiger partial charge on any atom is 0.328 e. The average molecular weight is 373 g/mol. The Kier molecular flexibility index (Phi) is 4.81. The molecule has 1 aromatic heterocycles. The number of ether oxygens (including phenoxy) is 1. The number of aromatic hydroxyl groups is 1. The van der Waals surface area contributed by atoms with Gasteiger partial charge in [-0.3, -0.25) is 0 Å². The van der Waals surface area contributed by atoms with Crippen LogP contribution in [0.25, 0.3) is 21.8 Å². The van der Waals surface area contributed by atoms with E-state index in [2.05, 4.69) is 10.3 Å². The summed E-state index contributed by atoms with van der Waals surface area (Å²) in [5.41, 5.74) is 3.78. The molecular formula is C23H21N2O3+. The Morgan fingerprint density at radius 2 is 1.54 bits per heavy atom. The Morgan fingerprint density at radius 3 is 2.11 bits per heavy atom. The van der Waals surface area contributed by atoms with Gasteiger partial charge in [0, 0.05) is 18.6 Å². The van der Waals surface area contributed by atoms with Gasteiger partial charge in [-0.15, -0.1) is 0 Å². The Bertz CT molecular complexity index is 1090. The number of pyridine rings is 1. The van der Waals surface area contributed by atoms with E-state index in [0.29, 0.717) is 6.42 Å². The van der Waals surface area contributed by atoms with Gasteiger partial charge in [0.2, 0.25) is 11.0 Å². The van der Waals surface area contributed by atoms with Gasteiger partial charge < -0.3 is 15.2 Å². The lowest BCUT2D eigenvalue weighted by Crippen LogP contribution is -2.33.